The fourth-order valence-corrected chi connectivity index (χ4v) is 2.06. The lowest BCUT2D eigenvalue weighted by atomic mass is 10.4. The van der Waals surface area contributed by atoms with Crippen LogP contribution in [-0.4, -0.2) is 48.9 Å². The van der Waals surface area contributed by atoms with E-state index in [1.54, 1.807) is 0 Å². The van der Waals surface area contributed by atoms with Crippen molar-refractivity contribution in [2.45, 2.75) is 25.2 Å². The number of carbonyl (C=O) groups is 1. The second kappa shape index (κ2) is 5.66. The fourth-order valence-electron chi connectivity index (χ4n) is 1.54. The fraction of sp³-hybridized carbons (Fsp3) is 0.700. The second-order valence-corrected chi connectivity index (χ2v) is 6.43. The van der Waals surface area contributed by atoms with E-state index < -0.39 is 10.0 Å². The summed E-state index contributed by atoms with van der Waals surface area (Å²) in [6.07, 6.45) is 3.79. The number of carbonyl (C=O) groups excluding carboxylic acids is 1. The largest absolute Gasteiger partial charge is 0.349 e. The summed E-state index contributed by atoms with van der Waals surface area (Å²) in [7, 11) is -3.17. The minimum Gasteiger partial charge on any atom is -0.349 e. The van der Waals surface area contributed by atoms with Gasteiger partial charge in [0.15, 0.2) is 0 Å². The van der Waals surface area contributed by atoms with Gasteiger partial charge >= 0.3 is 0 Å². The van der Waals surface area contributed by atoms with E-state index in [1.807, 2.05) is 0 Å². The Bertz CT molecular complexity index is 549. The highest BCUT2D eigenvalue weighted by atomic mass is 32.2. The molecule has 1 aromatic rings. The van der Waals surface area contributed by atoms with Gasteiger partial charge in [-0.25, -0.2) is 18.1 Å². The van der Waals surface area contributed by atoms with Gasteiger partial charge in [0.05, 0.1) is 6.26 Å². The van der Waals surface area contributed by atoms with Crippen LogP contribution in [0.2, 0.25) is 0 Å². The topological polar surface area (TPSA) is 117 Å². The zero-order valence-electron chi connectivity index (χ0n) is 10.6. The van der Waals surface area contributed by atoms with E-state index in [9.17, 15) is 13.2 Å². The Morgan fingerprint density at radius 1 is 1.42 bits per heavy atom. The number of nitrogens with one attached hydrogen (secondary N) is 3. The Hall–Kier alpha value is -1.48. The molecule has 1 amide bonds. The molecule has 8 nitrogen and oxygen atoms in total. The van der Waals surface area contributed by atoms with Crippen molar-refractivity contribution in [2.24, 2.45) is 0 Å². The molecule has 1 heterocycles. The standard InChI is InChI=1S/C10H17N5O3S/c1-19(17,18)12-6-2-5-11-10(16)9-13-8(14-15-9)7-3-4-7/h7,12H,2-6H2,1H3,(H,11,16)(H,13,14,15). The summed E-state index contributed by atoms with van der Waals surface area (Å²) in [6, 6.07) is 0. The molecule has 0 aromatic carbocycles. The first-order chi connectivity index (χ1) is 8.96. The van der Waals surface area contributed by atoms with E-state index in [0.29, 0.717) is 25.4 Å². The van der Waals surface area contributed by atoms with E-state index in [1.165, 1.54) is 0 Å². The van der Waals surface area contributed by atoms with E-state index in [4.69, 9.17) is 0 Å². The summed E-state index contributed by atoms with van der Waals surface area (Å²) in [6.45, 7) is 0.662. The Morgan fingerprint density at radius 3 is 2.79 bits per heavy atom. The molecule has 9 heteroatoms. The normalized spacial score (nSPS) is 15.4. The van der Waals surface area contributed by atoms with Gasteiger partial charge in [-0.15, -0.1) is 5.10 Å². The van der Waals surface area contributed by atoms with Crippen LogP contribution >= 0.6 is 0 Å². The number of H-pyrrole nitrogens is 1. The first kappa shape index (κ1) is 13.9. The summed E-state index contributed by atoms with van der Waals surface area (Å²) >= 11 is 0. The number of aromatic nitrogens is 3. The molecule has 0 unspecified atom stereocenters. The van der Waals surface area contributed by atoms with Gasteiger partial charge in [-0.3, -0.25) is 9.89 Å². The van der Waals surface area contributed by atoms with Crippen molar-refractivity contribution in [3.63, 3.8) is 0 Å². The highest BCUT2D eigenvalue weighted by molar-refractivity contribution is 7.88. The first-order valence-corrected chi connectivity index (χ1v) is 8.00. The Balaban J connectivity index is 1.68. The molecular weight excluding hydrogens is 270 g/mol. The lowest BCUT2D eigenvalue weighted by molar-refractivity contribution is 0.0943. The van der Waals surface area contributed by atoms with Crippen LogP contribution < -0.4 is 10.0 Å². The molecule has 0 atom stereocenters. The van der Waals surface area contributed by atoms with Crippen LogP contribution in [0.5, 0.6) is 0 Å². The van der Waals surface area contributed by atoms with Crippen molar-refractivity contribution in [3.05, 3.63) is 11.6 Å². The number of sulfonamides is 1. The summed E-state index contributed by atoms with van der Waals surface area (Å²) in [5.41, 5.74) is 0. The summed E-state index contributed by atoms with van der Waals surface area (Å²) in [4.78, 5) is 15.8. The predicted octanol–water partition coefficient (Wildman–Crippen LogP) is -0.649. The van der Waals surface area contributed by atoms with Gasteiger partial charge in [-0.1, -0.05) is 0 Å². The Labute approximate surface area is 111 Å². The molecule has 1 aromatic heterocycles. The van der Waals surface area contributed by atoms with Crippen molar-refractivity contribution in [1.29, 1.82) is 0 Å². The number of hydrogen-bond acceptors (Lipinski definition) is 5. The van der Waals surface area contributed by atoms with Gasteiger partial charge in [0.2, 0.25) is 15.8 Å². The number of aromatic amines is 1. The molecule has 1 fully saturated rings. The highest BCUT2D eigenvalue weighted by Crippen LogP contribution is 2.37. The average molecular weight is 287 g/mol. The molecular formula is C10H17N5O3S. The summed E-state index contributed by atoms with van der Waals surface area (Å²) in [5.74, 6) is 0.984. The van der Waals surface area contributed by atoms with Crippen molar-refractivity contribution in [2.75, 3.05) is 19.3 Å². The number of hydrogen-bond donors (Lipinski definition) is 3. The van der Waals surface area contributed by atoms with Crippen molar-refractivity contribution < 1.29 is 13.2 Å². The van der Waals surface area contributed by atoms with Gasteiger partial charge < -0.3 is 5.32 Å². The molecule has 2 rings (SSSR count). The van der Waals surface area contributed by atoms with Crippen LogP contribution in [0.3, 0.4) is 0 Å². The Kier molecular flexibility index (Phi) is 4.15. The average Bonchev–Trinajstić information content (AvgIpc) is 3.05. The van der Waals surface area contributed by atoms with Crippen LogP contribution in [-0.2, 0) is 10.0 Å². The minimum absolute atomic E-state index is 0.137. The maximum atomic E-state index is 11.7. The van der Waals surface area contributed by atoms with Crippen LogP contribution in [0, 0.1) is 0 Å². The molecule has 0 bridgehead atoms. The van der Waals surface area contributed by atoms with Gasteiger partial charge in [-0.05, 0) is 19.3 Å². The molecule has 0 aliphatic heterocycles. The molecule has 1 aliphatic carbocycles. The van der Waals surface area contributed by atoms with Crippen LogP contribution in [0.1, 0.15) is 41.6 Å². The summed E-state index contributed by atoms with van der Waals surface area (Å²) < 4.78 is 23.9. The van der Waals surface area contributed by atoms with Crippen LogP contribution in [0.25, 0.3) is 0 Å². The summed E-state index contributed by atoms with van der Waals surface area (Å²) in [5, 5.41) is 9.25. The predicted molar refractivity (Wildman–Crippen MR) is 68.2 cm³/mol. The molecule has 0 spiro atoms. The van der Waals surface area contributed by atoms with Crippen LogP contribution in [0.15, 0.2) is 0 Å². The zero-order valence-corrected chi connectivity index (χ0v) is 11.5. The molecule has 1 aliphatic rings. The molecule has 1 saturated carbocycles. The third-order valence-corrected chi connectivity index (χ3v) is 3.40. The number of nitrogens with zero attached hydrogens (tertiary/aromatic N) is 2. The molecule has 106 valence electrons. The van der Waals surface area contributed by atoms with E-state index in [0.717, 1.165) is 24.9 Å². The second-order valence-electron chi connectivity index (χ2n) is 4.59. The molecule has 0 saturated heterocycles. The van der Waals surface area contributed by atoms with Gasteiger partial charge in [-0.2, -0.15) is 0 Å². The first-order valence-electron chi connectivity index (χ1n) is 6.11. The molecule has 3 N–H and O–H groups in total. The lowest BCUT2D eigenvalue weighted by Gasteiger charge is -2.03. The van der Waals surface area contributed by atoms with E-state index in [-0.39, 0.29) is 11.7 Å². The molecule has 0 radical (unpaired) electrons. The maximum absolute atomic E-state index is 11.7. The monoisotopic (exact) mass is 287 g/mol. The van der Waals surface area contributed by atoms with Crippen molar-refractivity contribution in [1.82, 2.24) is 25.2 Å². The highest BCUT2D eigenvalue weighted by Gasteiger charge is 2.28. The zero-order chi connectivity index (χ0) is 13.9. The van der Waals surface area contributed by atoms with E-state index >= 15 is 0 Å². The smallest absolute Gasteiger partial charge is 0.290 e. The third-order valence-electron chi connectivity index (χ3n) is 2.67. The molecule has 19 heavy (non-hydrogen) atoms. The lowest BCUT2D eigenvalue weighted by Crippen LogP contribution is -2.29. The quantitative estimate of drug-likeness (QED) is 0.576. The van der Waals surface area contributed by atoms with Gasteiger partial charge in [0, 0.05) is 19.0 Å². The number of rotatable bonds is 7. The van der Waals surface area contributed by atoms with Crippen LogP contribution in [0.4, 0.5) is 0 Å². The Morgan fingerprint density at radius 2 is 2.16 bits per heavy atom. The van der Waals surface area contributed by atoms with Gasteiger partial charge in [0.25, 0.3) is 5.91 Å². The minimum atomic E-state index is -3.17. The third kappa shape index (κ3) is 4.60. The van der Waals surface area contributed by atoms with Crippen molar-refractivity contribution >= 4 is 15.9 Å². The van der Waals surface area contributed by atoms with Crippen molar-refractivity contribution in [3.8, 4) is 0 Å². The maximum Gasteiger partial charge on any atom is 0.290 e. The van der Waals surface area contributed by atoms with Gasteiger partial charge in [0.1, 0.15) is 5.82 Å². The number of amides is 1. The van der Waals surface area contributed by atoms with E-state index in [2.05, 4.69) is 25.2 Å². The SMILES string of the molecule is CS(=O)(=O)NCCCNC(=O)c1n[nH]c(C2CC2)n1.